The lowest BCUT2D eigenvalue weighted by atomic mass is 10.2. The summed E-state index contributed by atoms with van der Waals surface area (Å²) in [5.41, 5.74) is 0.872. The molecule has 1 heterocycles. The summed E-state index contributed by atoms with van der Waals surface area (Å²) in [5, 5.41) is 12.8. The third-order valence-electron chi connectivity index (χ3n) is 1.60. The fourth-order valence-electron chi connectivity index (χ4n) is 1.01. The number of halogens is 1. The van der Waals surface area contributed by atoms with Crippen LogP contribution in [-0.4, -0.2) is 20.9 Å². The highest BCUT2D eigenvalue weighted by atomic mass is 79.9. The Bertz CT molecular complexity index is 319. The van der Waals surface area contributed by atoms with Crippen molar-refractivity contribution in [2.75, 3.05) is 0 Å². The van der Waals surface area contributed by atoms with Crippen LogP contribution < -0.4 is 0 Å². The van der Waals surface area contributed by atoms with Crippen molar-refractivity contribution in [1.82, 2.24) is 9.78 Å². The summed E-state index contributed by atoms with van der Waals surface area (Å²) in [6.07, 6.45) is 0.626. The Balaban J connectivity index is 3.31. The number of aromatic carboxylic acids is 1. The maximum Gasteiger partial charge on any atom is 0.340 e. The van der Waals surface area contributed by atoms with Crippen LogP contribution in [-0.2, 0) is 13.5 Å². The lowest BCUT2D eigenvalue weighted by molar-refractivity contribution is 0.0694. The van der Waals surface area contributed by atoms with E-state index >= 15 is 0 Å². The number of hydrogen-bond donors (Lipinski definition) is 1. The predicted octanol–water partition coefficient (Wildman–Crippen LogP) is 1.44. The van der Waals surface area contributed by atoms with Gasteiger partial charge >= 0.3 is 5.97 Å². The first-order chi connectivity index (χ1) is 5.57. The monoisotopic (exact) mass is 232 g/mol. The summed E-state index contributed by atoms with van der Waals surface area (Å²) in [5.74, 6) is -0.938. The van der Waals surface area contributed by atoms with Crippen molar-refractivity contribution in [1.29, 1.82) is 0 Å². The third-order valence-corrected chi connectivity index (χ3v) is 2.51. The topological polar surface area (TPSA) is 55.1 Å². The number of rotatable bonds is 2. The zero-order valence-corrected chi connectivity index (χ0v) is 8.42. The lowest BCUT2D eigenvalue weighted by Crippen LogP contribution is -1.99. The fraction of sp³-hybridized carbons (Fsp3) is 0.429. The van der Waals surface area contributed by atoms with Gasteiger partial charge in [-0.15, -0.1) is 0 Å². The highest BCUT2D eigenvalue weighted by Gasteiger charge is 2.18. The first-order valence-corrected chi connectivity index (χ1v) is 4.31. The molecule has 0 bridgehead atoms. The van der Waals surface area contributed by atoms with E-state index < -0.39 is 5.97 Å². The molecule has 0 amide bonds. The zero-order chi connectivity index (χ0) is 9.30. The minimum Gasteiger partial charge on any atom is -0.478 e. The van der Waals surface area contributed by atoms with Crippen LogP contribution in [0.3, 0.4) is 0 Å². The molecule has 0 radical (unpaired) electrons. The molecule has 1 rings (SSSR count). The van der Waals surface area contributed by atoms with E-state index in [0.717, 1.165) is 0 Å². The molecule has 0 aliphatic heterocycles. The van der Waals surface area contributed by atoms with Crippen molar-refractivity contribution in [3.05, 3.63) is 15.9 Å². The van der Waals surface area contributed by atoms with E-state index in [4.69, 9.17) is 5.11 Å². The molecule has 0 fully saturated rings. The van der Waals surface area contributed by atoms with E-state index in [-0.39, 0.29) is 5.56 Å². The smallest absolute Gasteiger partial charge is 0.340 e. The van der Waals surface area contributed by atoms with Gasteiger partial charge in [-0.2, -0.15) is 5.10 Å². The normalized spacial score (nSPS) is 10.2. The van der Waals surface area contributed by atoms with Crippen molar-refractivity contribution < 1.29 is 9.90 Å². The lowest BCUT2D eigenvalue weighted by Gasteiger charge is -1.92. The summed E-state index contributed by atoms with van der Waals surface area (Å²) in [6, 6.07) is 0. The maximum absolute atomic E-state index is 10.7. The molecule has 1 aromatic rings. The van der Waals surface area contributed by atoms with E-state index in [1.165, 1.54) is 4.68 Å². The fourth-order valence-corrected chi connectivity index (χ4v) is 1.49. The second-order valence-corrected chi connectivity index (χ2v) is 3.15. The zero-order valence-electron chi connectivity index (χ0n) is 6.83. The van der Waals surface area contributed by atoms with Gasteiger partial charge in [-0.3, -0.25) is 4.68 Å². The first-order valence-electron chi connectivity index (χ1n) is 3.52. The largest absolute Gasteiger partial charge is 0.478 e. The average molecular weight is 233 g/mol. The molecule has 0 aromatic carbocycles. The standard InChI is InChI=1S/C7H9BrN2O2/c1-3-4-5(7(11)12)6(8)10(2)9-4/h3H2,1-2H3,(H,11,12). The number of carboxylic acid groups (broad SMARTS) is 1. The van der Waals surface area contributed by atoms with Gasteiger partial charge < -0.3 is 5.11 Å². The van der Waals surface area contributed by atoms with Gasteiger partial charge in [0, 0.05) is 7.05 Å². The van der Waals surface area contributed by atoms with Crippen molar-refractivity contribution in [2.45, 2.75) is 13.3 Å². The SMILES string of the molecule is CCc1nn(C)c(Br)c1C(=O)O. The molecule has 0 spiro atoms. The molecule has 0 unspecified atom stereocenters. The van der Waals surface area contributed by atoms with Crippen LogP contribution in [0.1, 0.15) is 23.0 Å². The second-order valence-electron chi connectivity index (χ2n) is 2.39. The molecule has 0 saturated carbocycles. The summed E-state index contributed by atoms with van der Waals surface area (Å²) in [7, 11) is 1.70. The summed E-state index contributed by atoms with van der Waals surface area (Å²) < 4.78 is 2.04. The van der Waals surface area contributed by atoms with Crippen molar-refractivity contribution >= 4 is 21.9 Å². The van der Waals surface area contributed by atoms with Crippen molar-refractivity contribution in [3.63, 3.8) is 0 Å². The molecule has 66 valence electrons. The molecule has 12 heavy (non-hydrogen) atoms. The van der Waals surface area contributed by atoms with E-state index in [9.17, 15) is 4.79 Å². The Kier molecular flexibility index (Phi) is 2.52. The summed E-state index contributed by atoms with van der Waals surface area (Å²) in [4.78, 5) is 10.7. The number of carbonyl (C=O) groups is 1. The van der Waals surface area contributed by atoms with Gasteiger partial charge in [0.25, 0.3) is 0 Å². The van der Waals surface area contributed by atoms with Gasteiger partial charge in [-0.1, -0.05) is 6.92 Å². The number of hydrogen-bond acceptors (Lipinski definition) is 2. The predicted molar refractivity (Wildman–Crippen MR) is 47.2 cm³/mol. The molecular formula is C7H9BrN2O2. The molecule has 1 aromatic heterocycles. The van der Waals surface area contributed by atoms with Gasteiger partial charge in [0.15, 0.2) is 0 Å². The van der Waals surface area contributed by atoms with Crippen LogP contribution >= 0.6 is 15.9 Å². The van der Waals surface area contributed by atoms with Crippen molar-refractivity contribution in [3.8, 4) is 0 Å². The molecule has 0 atom stereocenters. The first kappa shape index (κ1) is 9.25. The van der Waals surface area contributed by atoms with E-state index in [1.807, 2.05) is 6.92 Å². The number of aryl methyl sites for hydroxylation is 2. The Morgan fingerprint density at radius 2 is 2.33 bits per heavy atom. The molecule has 4 nitrogen and oxygen atoms in total. The summed E-state index contributed by atoms with van der Waals surface area (Å²) in [6.45, 7) is 1.88. The van der Waals surface area contributed by atoms with Gasteiger partial charge in [-0.05, 0) is 22.4 Å². The Labute approximate surface area is 78.3 Å². The summed E-state index contributed by atoms with van der Waals surface area (Å²) >= 11 is 3.16. The molecule has 0 aliphatic carbocycles. The van der Waals surface area contributed by atoms with Gasteiger partial charge in [-0.25, -0.2) is 4.79 Å². The maximum atomic E-state index is 10.7. The van der Waals surface area contributed by atoms with Crippen LogP contribution in [0.4, 0.5) is 0 Å². The minimum atomic E-state index is -0.938. The van der Waals surface area contributed by atoms with Gasteiger partial charge in [0.05, 0.1) is 5.69 Å². The van der Waals surface area contributed by atoms with Gasteiger partial charge in [0.1, 0.15) is 10.2 Å². The Hall–Kier alpha value is -0.840. The molecule has 5 heteroatoms. The van der Waals surface area contributed by atoms with E-state index in [2.05, 4.69) is 21.0 Å². The minimum absolute atomic E-state index is 0.264. The average Bonchev–Trinajstić information content (AvgIpc) is 2.28. The number of carboxylic acids is 1. The third kappa shape index (κ3) is 1.36. The Morgan fingerprint density at radius 3 is 2.67 bits per heavy atom. The highest BCUT2D eigenvalue weighted by molar-refractivity contribution is 9.10. The number of aromatic nitrogens is 2. The van der Waals surface area contributed by atoms with E-state index in [0.29, 0.717) is 16.7 Å². The van der Waals surface area contributed by atoms with Crippen LogP contribution in [0.25, 0.3) is 0 Å². The molecule has 0 saturated heterocycles. The quantitative estimate of drug-likeness (QED) is 0.840. The molecule has 1 N–H and O–H groups in total. The second kappa shape index (κ2) is 3.26. The number of nitrogens with zero attached hydrogens (tertiary/aromatic N) is 2. The van der Waals surface area contributed by atoms with Gasteiger partial charge in [0.2, 0.25) is 0 Å². The van der Waals surface area contributed by atoms with Crippen LogP contribution in [0.5, 0.6) is 0 Å². The van der Waals surface area contributed by atoms with E-state index in [1.54, 1.807) is 7.05 Å². The Morgan fingerprint density at radius 1 is 1.75 bits per heavy atom. The van der Waals surface area contributed by atoms with Crippen LogP contribution in [0, 0.1) is 0 Å². The molecule has 0 aliphatic rings. The van der Waals surface area contributed by atoms with Crippen molar-refractivity contribution in [2.24, 2.45) is 7.05 Å². The van der Waals surface area contributed by atoms with Crippen LogP contribution in [0.15, 0.2) is 4.60 Å². The molecular weight excluding hydrogens is 224 g/mol. The van der Waals surface area contributed by atoms with Crippen LogP contribution in [0.2, 0.25) is 0 Å². The highest BCUT2D eigenvalue weighted by Crippen LogP contribution is 2.19.